The lowest BCUT2D eigenvalue weighted by atomic mass is 9.80. The van der Waals surface area contributed by atoms with Crippen LogP contribution >= 0.6 is 0 Å². The quantitative estimate of drug-likeness (QED) is 0.670. The van der Waals surface area contributed by atoms with E-state index < -0.39 is 4.92 Å². The second kappa shape index (κ2) is 6.87. The average Bonchev–Trinajstić information content (AvgIpc) is 2.53. The van der Waals surface area contributed by atoms with Crippen molar-refractivity contribution in [1.29, 1.82) is 0 Å². The number of amides is 1. The highest BCUT2D eigenvalue weighted by molar-refractivity contribution is 5.94. The Labute approximate surface area is 130 Å². The maximum Gasteiger partial charge on any atom is 0.270 e. The molecule has 0 saturated heterocycles. The Morgan fingerprint density at radius 2 is 2.00 bits per heavy atom. The Morgan fingerprint density at radius 1 is 1.32 bits per heavy atom. The van der Waals surface area contributed by atoms with E-state index in [1.54, 1.807) is 6.07 Å². The number of likely N-dealkylation sites (N-methyl/N-ethyl adjacent to an activating group) is 1. The van der Waals surface area contributed by atoms with Crippen LogP contribution in [0.1, 0.15) is 42.5 Å². The predicted molar refractivity (Wildman–Crippen MR) is 84.9 cm³/mol. The van der Waals surface area contributed by atoms with Gasteiger partial charge in [-0.15, -0.1) is 0 Å². The molecule has 0 unspecified atom stereocenters. The number of carbonyl (C=O) groups is 1. The molecule has 0 bridgehead atoms. The minimum atomic E-state index is -0.487. The zero-order chi connectivity index (χ0) is 16.2. The summed E-state index contributed by atoms with van der Waals surface area (Å²) in [4.78, 5) is 24.8. The number of nitrogens with one attached hydrogen (secondary N) is 1. The number of nitro benzene ring substituents is 1. The van der Waals surface area contributed by atoms with Crippen LogP contribution in [0.5, 0.6) is 0 Å². The molecule has 0 atom stereocenters. The Kier molecular flexibility index (Phi) is 5.13. The molecule has 0 spiro atoms. The molecule has 6 nitrogen and oxygen atoms in total. The molecular formula is C16H23N3O3. The first-order valence-electron chi connectivity index (χ1n) is 7.65. The van der Waals surface area contributed by atoms with Crippen LogP contribution in [0.3, 0.4) is 0 Å². The molecule has 0 heterocycles. The maximum absolute atomic E-state index is 12.3. The molecule has 1 aliphatic rings. The van der Waals surface area contributed by atoms with Gasteiger partial charge in [-0.05, 0) is 33.0 Å². The van der Waals surface area contributed by atoms with Gasteiger partial charge >= 0.3 is 0 Å². The van der Waals surface area contributed by atoms with Crippen molar-refractivity contribution < 1.29 is 9.72 Å². The molecule has 0 aromatic heterocycles. The van der Waals surface area contributed by atoms with Crippen LogP contribution in [0.4, 0.5) is 5.69 Å². The smallest absolute Gasteiger partial charge is 0.270 e. The molecule has 1 saturated carbocycles. The molecule has 0 aliphatic heterocycles. The molecule has 6 heteroatoms. The molecule has 1 aromatic rings. The van der Waals surface area contributed by atoms with Crippen LogP contribution in [0, 0.1) is 10.1 Å². The number of hydrogen-bond donors (Lipinski definition) is 1. The van der Waals surface area contributed by atoms with E-state index >= 15 is 0 Å². The fourth-order valence-electron chi connectivity index (χ4n) is 3.10. The summed E-state index contributed by atoms with van der Waals surface area (Å²) in [7, 11) is 4.09. The van der Waals surface area contributed by atoms with Crippen LogP contribution in [0.25, 0.3) is 0 Å². The molecule has 1 fully saturated rings. The van der Waals surface area contributed by atoms with Crippen LogP contribution < -0.4 is 5.32 Å². The summed E-state index contributed by atoms with van der Waals surface area (Å²) in [6.45, 7) is 0.571. The van der Waals surface area contributed by atoms with Crippen molar-refractivity contribution >= 4 is 11.6 Å². The van der Waals surface area contributed by atoms with Gasteiger partial charge in [0.15, 0.2) is 0 Å². The largest absolute Gasteiger partial charge is 0.350 e. The zero-order valence-corrected chi connectivity index (χ0v) is 13.2. The summed E-state index contributed by atoms with van der Waals surface area (Å²) in [5.74, 6) is -0.254. The van der Waals surface area contributed by atoms with Gasteiger partial charge in [0.25, 0.3) is 11.6 Å². The molecule has 0 radical (unpaired) electrons. The van der Waals surface area contributed by atoms with E-state index in [9.17, 15) is 14.9 Å². The highest BCUT2D eigenvalue weighted by atomic mass is 16.6. The van der Waals surface area contributed by atoms with Crippen molar-refractivity contribution in [3.63, 3.8) is 0 Å². The molecule has 1 N–H and O–H groups in total. The van der Waals surface area contributed by atoms with Crippen molar-refractivity contribution in [2.24, 2.45) is 0 Å². The molecule has 1 aliphatic carbocycles. The number of rotatable bonds is 5. The van der Waals surface area contributed by atoms with Gasteiger partial charge in [-0.25, -0.2) is 0 Å². The minimum absolute atomic E-state index is 0.00533. The fourth-order valence-corrected chi connectivity index (χ4v) is 3.10. The highest BCUT2D eigenvalue weighted by Crippen LogP contribution is 2.31. The van der Waals surface area contributed by atoms with Crippen molar-refractivity contribution in [3.05, 3.63) is 39.9 Å². The van der Waals surface area contributed by atoms with Crippen molar-refractivity contribution in [2.75, 3.05) is 20.6 Å². The zero-order valence-electron chi connectivity index (χ0n) is 13.2. The average molecular weight is 305 g/mol. The van der Waals surface area contributed by atoms with Crippen LogP contribution in [-0.2, 0) is 0 Å². The second-order valence-electron chi connectivity index (χ2n) is 6.17. The fraction of sp³-hybridized carbons (Fsp3) is 0.562. The number of non-ortho nitro benzene ring substituents is 1. The normalized spacial score (nSPS) is 17.2. The van der Waals surface area contributed by atoms with Crippen LogP contribution in [-0.4, -0.2) is 41.9 Å². The standard InChI is InChI=1S/C16H23N3O3/c1-18(2)16(9-4-3-5-10-16)12-17-15(20)13-7-6-8-14(11-13)19(21)22/h6-8,11H,3-5,9-10,12H2,1-2H3,(H,17,20). The topological polar surface area (TPSA) is 75.5 Å². The maximum atomic E-state index is 12.3. The summed E-state index contributed by atoms with van der Waals surface area (Å²) in [5.41, 5.74) is 0.265. The number of carbonyl (C=O) groups excluding carboxylic acids is 1. The van der Waals surface area contributed by atoms with Gasteiger partial charge in [-0.3, -0.25) is 14.9 Å². The molecular weight excluding hydrogens is 282 g/mol. The summed E-state index contributed by atoms with van der Waals surface area (Å²) in [5, 5.41) is 13.7. The first-order chi connectivity index (χ1) is 10.4. The molecule has 2 rings (SSSR count). The summed E-state index contributed by atoms with van der Waals surface area (Å²) in [6.07, 6.45) is 5.72. The van der Waals surface area contributed by atoms with E-state index in [1.807, 2.05) is 14.1 Å². The number of nitro groups is 1. The Bertz CT molecular complexity index is 551. The molecule has 120 valence electrons. The SMILES string of the molecule is CN(C)C1(CNC(=O)c2cccc([N+](=O)[O-])c2)CCCCC1. The van der Waals surface area contributed by atoms with Crippen LogP contribution in [0.15, 0.2) is 24.3 Å². The summed E-state index contributed by atoms with van der Waals surface area (Å²) in [6, 6.07) is 5.85. The number of nitrogens with zero attached hydrogens (tertiary/aromatic N) is 2. The third kappa shape index (κ3) is 3.62. The van der Waals surface area contributed by atoms with Crippen molar-refractivity contribution in [2.45, 2.75) is 37.6 Å². The van der Waals surface area contributed by atoms with Gasteiger partial charge in [-0.1, -0.05) is 25.3 Å². The van der Waals surface area contributed by atoms with E-state index in [0.717, 1.165) is 12.8 Å². The Hall–Kier alpha value is -1.95. The number of benzene rings is 1. The van der Waals surface area contributed by atoms with E-state index in [4.69, 9.17) is 0 Å². The molecule has 1 aromatic carbocycles. The third-order valence-corrected chi connectivity index (χ3v) is 4.63. The molecule has 1 amide bonds. The molecule has 22 heavy (non-hydrogen) atoms. The van der Waals surface area contributed by atoms with Gasteiger partial charge in [0.05, 0.1) is 4.92 Å². The van der Waals surface area contributed by atoms with Crippen LogP contribution in [0.2, 0.25) is 0 Å². The Balaban J connectivity index is 2.05. The van der Waals surface area contributed by atoms with Crippen molar-refractivity contribution in [1.82, 2.24) is 10.2 Å². The summed E-state index contributed by atoms with van der Waals surface area (Å²) < 4.78 is 0. The van der Waals surface area contributed by atoms with Gasteiger partial charge in [0.1, 0.15) is 0 Å². The van der Waals surface area contributed by atoms with E-state index in [0.29, 0.717) is 12.1 Å². The lowest BCUT2D eigenvalue weighted by Crippen LogP contribution is -2.53. The predicted octanol–water partition coefficient (Wildman–Crippen LogP) is 2.59. The van der Waals surface area contributed by atoms with Gasteiger partial charge < -0.3 is 10.2 Å². The van der Waals surface area contributed by atoms with Crippen molar-refractivity contribution in [3.8, 4) is 0 Å². The lowest BCUT2D eigenvalue weighted by molar-refractivity contribution is -0.384. The minimum Gasteiger partial charge on any atom is -0.350 e. The van der Waals surface area contributed by atoms with Gasteiger partial charge in [0, 0.05) is 29.8 Å². The second-order valence-corrected chi connectivity index (χ2v) is 6.17. The van der Waals surface area contributed by atoms with Gasteiger partial charge in [0.2, 0.25) is 0 Å². The lowest BCUT2D eigenvalue weighted by Gasteiger charge is -2.43. The first-order valence-corrected chi connectivity index (χ1v) is 7.65. The first kappa shape index (κ1) is 16.4. The van der Waals surface area contributed by atoms with E-state index in [-0.39, 0.29) is 17.1 Å². The van der Waals surface area contributed by atoms with Gasteiger partial charge in [-0.2, -0.15) is 0 Å². The third-order valence-electron chi connectivity index (χ3n) is 4.63. The number of hydrogen-bond acceptors (Lipinski definition) is 4. The highest BCUT2D eigenvalue weighted by Gasteiger charge is 2.34. The Morgan fingerprint density at radius 3 is 2.59 bits per heavy atom. The summed E-state index contributed by atoms with van der Waals surface area (Å²) >= 11 is 0. The van der Waals surface area contributed by atoms with E-state index in [1.165, 1.54) is 37.5 Å². The van der Waals surface area contributed by atoms with E-state index in [2.05, 4.69) is 10.2 Å². The monoisotopic (exact) mass is 305 g/mol.